The molecule has 0 fully saturated rings. The van der Waals surface area contributed by atoms with E-state index in [2.05, 4.69) is 10.3 Å². The molecule has 0 saturated carbocycles. The molecule has 3 aromatic carbocycles. The zero-order chi connectivity index (χ0) is 24.2. The van der Waals surface area contributed by atoms with E-state index >= 15 is 0 Å². The van der Waals surface area contributed by atoms with E-state index in [4.69, 9.17) is 14.5 Å². The minimum absolute atomic E-state index is 0.154. The summed E-state index contributed by atoms with van der Waals surface area (Å²) in [6, 6.07) is 21.0. The molecule has 1 aliphatic rings. The Bertz CT molecular complexity index is 1360. The third-order valence-electron chi connectivity index (χ3n) is 5.37. The highest BCUT2D eigenvalue weighted by Gasteiger charge is 2.24. The van der Waals surface area contributed by atoms with Crippen LogP contribution in [0.25, 0.3) is 11.4 Å². The molecule has 0 unspecified atom stereocenters. The van der Waals surface area contributed by atoms with Crippen molar-refractivity contribution in [3.05, 3.63) is 89.7 Å². The molecule has 35 heavy (non-hydrogen) atoms. The van der Waals surface area contributed by atoms with Gasteiger partial charge in [0.1, 0.15) is 22.3 Å². The van der Waals surface area contributed by atoms with E-state index in [0.717, 1.165) is 22.6 Å². The molecule has 1 N–H and O–H groups in total. The Morgan fingerprint density at radius 2 is 1.83 bits per heavy atom. The highest BCUT2D eigenvalue weighted by molar-refractivity contribution is 8.00. The maximum absolute atomic E-state index is 13.4. The first kappa shape index (κ1) is 22.9. The summed E-state index contributed by atoms with van der Waals surface area (Å²) in [5.74, 6) is 2.02. The Morgan fingerprint density at radius 3 is 2.60 bits per heavy atom. The molecule has 0 radical (unpaired) electrons. The number of hydrogen-bond acceptors (Lipinski definition) is 6. The molecule has 8 heteroatoms. The van der Waals surface area contributed by atoms with E-state index in [1.165, 1.54) is 23.9 Å². The minimum atomic E-state index is -0.336. The van der Waals surface area contributed by atoms with Crippen molar-refractivity contribution in [2.75, 3.05) is 17.7 Å². The molecule has 1 amide bonds. The normalized spacial score (nSPS) is 11.7. The molecule has 5 rings (SSSR count). The van der Waals surface area contributed by atoms with Gasteiger partial charge in [0, 0.05) is 17.7 Å². The number of anilines is 1. The lowest BCUT2D eigenvalue weighted by atomic mass is 10.0. The van der Waals surface area contributed by atoms with Gasteiger partial charge in [-0.15, -0.1) is 0 Å². The summed E-state index contributed by atoms with van der Waals surface area (Å²) in [5, 5.41) is 3.56. The molecule has 0 aliphatic carbocycles. The number of thioether (sulfide) groups is 1. The number of nitrogens with zero attached hydrogens (tertiary/aromatic N) is 2. The summed E-state index contributed by atoms with van der Waals surface area (Å²) >= 11 is 1.32. The van der Waals surface area contributed by atoms with Crippen molar-refractivity contribution in [1.29, 1.82) is 0 Å². The Balaban J connectivity index is 1.38. The Labute approximate surface area is 206 Å². The van der Waals surface area contributed by atoms with Gasteiger partial charge in [-0.1, -0.05) is 30.0 Å². The zero-order valence-corrected chi connectivity index (χ0v) is 19.8. The first-order valence-corrected chi connectivity index (χ1v) is 12.2. The molecule has 6 nitrogen and oxygen atoms in total. The van der Waals surface area contributed by atoms with Gasteiger partial charge in [0.05, 0.1) is 17.9 Å². The first-order chi connectivity index (χ1) is 17.1. The van der Waals surface area contributed by atoms with Crippen LogP contribution in [0.2, 0.25) is 0 Å². The van der Waals surface area contributed by atoms with E-state index in [0.29, 0.717) is 41.0 Å². The second kappa shape index (κ2) is 10.1. The number of aromatic nitrogens is 2. The number of carbonyl (C=O) groups is 1. The largest absolute Gasteiger partial charge is 0.494 e. The summed E-state index contributed by atoms with van der Waals surface area (Å²) in [6.07, 6.45) is 0.595. The van der Waals surface area contributed by atoms with Gasteiger partial charge in [-0.05, 0) is 67.1 Å². The van der Waals surface area contributed by atoms with Crippen LogP contribution in [0.3, 0.4) is 0 Å². The average molecular weight is 488 g/mol. The van der Waals surface area contributed by atoms with Crippen molar-refractivity contribution in [3.63, 3.8) is 0 Å². The molecular formula is C27H22FN3O3S. The lowest BCUT2D eigenvalue weighted by Gasteiger charge is -2.21. The van der Waals surface area contributed by atoms with Gasteiger partial charge in [-0.25, -0.2) is 9.37 Å². The van der Waals surface area contributed by atoms with Crippen LogP contribution in [0.1, 0.15) is 18.1 Å². The van der Waals surface area contributed by atoms with Crippen LogP contribution >= 0.6 is 11.8 Å². The monoisotopic (exact) mass is 487 g/mol. The van der Waals surface area contributed by atoms with Gasteiger partial charge in [0.2, 0.25) is 11.8 Å². The van der Waals surface area contributed by atoms with E-state index < -0.39 is 0 Å². The van der Waals surface area contributed by atoms with Crippen LogP contribution < -0.4 is 14.8 Å². The van der Waals surface area contributed by atoms with Crippen LogP contribution in [0.15, 0.2) is 77.8 Å². The fraction of sp³-hybridized carbons (Fsp3) is 0.148. The third-order valence-corrected chi connectivity index (χ3v) is 6.39. The SMILES string of the molecule is CCOc1ccc(NC(=O)CSc2nc(-c3ccc(F)cc3)nc3c2Cc2ccccc2O3)cc1. The summed E-state index contributed by atoms with van der Waals surface area (Å²) in [4.78, 5) is 22.0. The summed E-state index contributed by atoms with van der Waals surface area (Å²) in [6.45, 7) is 2.50. The molecule has 0 saturated heterocycles. The van der Waals surface area contributed by atoms with Crippen LogP contribution in [-0.2, 0) is 11.2 Å². The molecule has 4 aromatic rings. The molecule has 2 heterocycles. The van der Waals surface area contributed by atoms with Gasteiger partial charge >= 0.3 is 0 Å². The van der Waals surface area contributed by atoms with Crippen LogP contribution in [0.5, 0.6) is 17.4 Å². The van der Waals surface area contributed by atoms with E-state index in [1.54, 1.807) is 24.3 Å². The van der Waals surface area contributed by atoms with Gasteiger partial charge in [-0.2, -0.15) is 4.98 Å². The number of carbonyl (C=O) groups excluding carboxylic acids is 1. The predicted molar refractivity (Wildman–Crippen MR) is 134 cm³/mol. The molecule has 1 aliphatic heterocycles. The maximum Gasteiger partial charge on any atom is 0.234 e. The third kappa shape index (κ3) is 5.27. The maximum atomic E-state index is 13.4. The van der Waals surface area contributed by atoms with Crippen molar-refractivity contribution >= 4 is 23.4 Å². The molecule has 0 bridgehead atoms. The fourth-order valence-electron chi connectivity index (χ4n) is 3.70. The lowest BCUT2D eigenvalue weighted by molar-refractivity contribution is -0.113. The second-order valence-electron chi connectivity index (χ2n) is 7.82. The van der Waals surface area contributed by atoms with Crippen molar-refractivity contribution < 1.29 is 18.7 Å². The molecule has 0 spiro atoms. The fourth-order valence-corrected chi connectivity index (χ4v) is 4.53. The van der Waals surface area contributed by atoms with Crippen molar-refractivity contribution in [1.82, 2.24) is 9.97 Å². The number of ether oxygens (including phenoxy) is 2. The van der Waals surface area contributed by atoms with Crippen molar-refractivity contribution in [3.8, 4) is 28.8 Å². The Morgan fingerprint density at radius 1 is 1.06 bits per heavy atom. The van der Waals surface area contributed by atoms with Gasteiger partial charge in [-0.3, -0.25) is 4.79 Å². The van der Waals surface area contributed by atoms with E-state index in [1.807, 2.05) is 43.3 Å². The number of benzene rings is 3. The molecular weight excluding hydrogens is 465 g/mol. The van der Waals surface area contributed by atoms with E-state index in [-0.39, 0.29) is 17.5 Å². The van der Waals surface area contributed by atoms with Crippen molar-refractivity contribution in [2.24, 2.45) is 0 Å². The van der Waals surface area contributed by atoms with Crippen LogP contribution in [0, 0.1) is 5.82 Å². The summed E-state index contributed by atoms with van der Waals surface area (Å²) < 4.78 is 25.0. The molecule has 1 aromatic heterocycles. The number of rotatable bonds is 7. The highest BCUT2D eigenvalue weighted by Crippen LogP contribution is 2.40. The van der Waals surface area contributed by atoms with Gasteiger partial charge < -0.3 is 14.8 Å². The number of hydrogen-bond donors (Lipinski definition) is 1. The number of fused-ring (bicyclic) bond motifs is 2. The quantitative estimate of drug-likeness (QED) is 0.221. The minimum Gasteiger partial charge on any atom is -0.494 e. The standard InChI is InChI=1S/C27H22FN3O3S/c1-2-33-21-13-11-20(12-14-21)29-24(32)16-35-27-22-15-18-5-3-4-6-23(18)34-26(22)30-25(31-27)17-7-9-19(28)10-8-17/h3-14H,2,15-16H2,1H3,(H,29,32). The topological polar surface area (TPSA) is 73.3 Å². The predicted octanol–water partition coefficient (Wildman–Crippen LogP) is 6.11. The first-order valence-electron chi connectivity index (χ1n) is 11.2. The van der Waals surface area contributed by atoms with Gasteiger partial charge in [0.15, 0.2) is 5.82 Å². The number of halogens is 1. The molecule has 176 valence electrons. The smallest absolute Gasteiger partial charge is 0.234 e. The lowest BCUT2D eigenvalue weighted by Crippen LogP contribution is -2.15. The van der Waals surface area contributed by atoms with Crippen LogP contribution in [0.4, 0.5) is 10.1 Å². The average Bonchev–Trinajstić information content (AvgIpc) is 2.88. The molecule has 0 atom stereocenters. The zero-order valence-electron chi connectivity index (χ0n) is 19.0. The Kier molecular flexibility index (Phi) is 6.63. The summed E-state index contributed by atoms with van der Waals surface area (Å²) in [7, 11) is 0. The second-order valence-corrected chi connectivity index (χ2v) is 8.79. The number of para-hydroxylation sites is 1. The van der Waals surface area contributed by atoms with Crippen LogP contribution in [-0.4, -0.2) is 28.2 Å². The number of nitrogens with one attached hydrogen (secondary N) is 1. The van der Waals surface area contributed by atoms with Gasteiger partial charge in [0.25, 0.3) is 0 Å². The van der Waals surface area contributed by atoms with Crippen molar-refractivity contribution in [2.45, 2.75) is 18.4 Å². The van der Waals surface area contributed by atoms with E-state index in [9.17, 15) is 9.18 Å². The number of amides is 1. The summed E-state index contributed by atoms with van der Waals surface area (Å²) in [5.41, 5.74) is 3.21. The highest BCUT2D eigenvalue weighted by atomic mass is 32.2. The Hall–Kier alpha value is -3.91.